The lowest BCUT2D eigenvalue weighted by molar-refractivity contribution is -0.142. The summed E-state index contributed by atoms with van der Waals surface area (Å²) in [6.07, 6.45) is -0.839. The third-order valence-electron chi connectivity index (χ3n) is 3.55. The van der Waals surface area contributed by atoms with Gasteiger partial charge in [-0.15, -0.1) is 0 Å². The first kappa shape index (κ1) is 16.2. The number of nitrogens with zero attached hydrogens (tertiary/aromatic N) is 2. The van der Waals surface area contributed by atoms with E-state index in [9.17, 15) is 4.79 Å². The van der Waals surface area contributed by atoms with Crippen LogP contribution in [0.3, 0.4) is 0 Å². The summed E-state index contributed by atoms with van der Waals surface area (Å²) in [5.74, 6) is 0.0304. The number of hydrogen-bond acceptors (Lipinski definition) is 4. The first-order chi connectivity index (χ1) is 11.6. The van der Waals surface area contributed by atoms with Gasteiger partial charge in [-0.05, 0) is 18.2 Å². The lowest BCUT2D eigenvalue weighted by atomic mass is 10.0. The fourth-order valence-electron chi connectivity index (χ4n) is 2.50. The minimum atomic E-state index is -0.839. The monoisotopic (exact) mass is 341 g/mol. The van der Waals surface area contributed by atoms with Crippen LogP contribution < -0.4 is 5.32 Å². The summed E-state index contributed by atoms with van der Waals surface area (Å²) >= 11 is 6.18. The number of benzene rings is 2. The Morgan fingerprint density at radius 3 is 2.67 bits per heavy atom. The summed E-state index contributed by atoms with van der Waals surface area (Å²) in [6, 6.07) is 15.2. The molecular weight excluding hydrogens is 326 g/mol. The second-order valence-electron chi connectivity index (χ2n) is 5.23. The molecule has 0 aromatic heterocycles. The first-order valence-electron chi connectivity index (χ1n) is 7.42. The van der Waals surface area contributed by atoms with Crippen LogP contribution in [0.2, 0.25) is 5.02 Å². The lowest BCUT2D eigenvalue weighted by Crippen LogP contribution is -2.30. The summed E-state index contributed by atoms with van der Waals surface area (Å²) in [4.78, 5) is 20.3. The Bertz CT molecular complexity index is 831. The molecule has 5 nitrogen and oxygen atoms in total. The van der Waals surface area contributed by atoms with Crippen molar-refractivity contribution in [3.8, 4) is 0 Å². The smallest absolute Gasteiger partial charge is 0.304 e. The van der Waals surface area contributed by atoms with Crippen LogP contribution in [0.15, 0.2) is 58.5 Å². The number of rotatable bonds is 2. The maximum absolute atomic E-state index is 11.5. The van der Waals surface area contributed by atoms with Gasteiger partial charge in [0.15, 0.2) is 5.84 Å². The average Bonchev–Trinajstić information content (AvgIpc) is 2.72. The Hall–Kier alpha value is -2.66. The zero-order valence-electron chi connectivity index (χ0n) is 13.3. The summed E-state index contributed by atoms with van der Waals surface area (Å²) < 4.78 is 5.34. The zero-order chi connectivity index (χ0) is 17.1. The van der Waals surface area contributed by atoms with Crippen LogP contribution in [0.25, 0.3) is 0 Å². The zero-order valence-corrected chi connectivity index (χ0v) is 14.0. The maximum atomic E-state index is 11.5. The molecule has 3 rings (SSSR count). The standard InChI is InChI=1S/C18H16ClN3O2/c1-11(23)24-18-17(20-2)21-15-9-8-13(19)10-14(15)16(22-18)12-6-4-3-5-7-12/h3-10,18H,1-2H3,(H,20,21). The van der Waals surface area contributed by atoms with Crippen molar-refractivity contribution in [2.45, 2.75) is 13.2 Å². The molecule has 2 aromatic carbocycles. The molecule has 1 unspecified atom stereocenters. The van der Waals surface area contributed by atoms with E-state index >= 15 is 0 Å². The molecule has 24 heavy (non-hydrogen) atoms. The molecule has 0 spiro atoms. The number of nitrogens with one attached hydrogen (secondary N) is 1. The molecule has 1 atom stereocenters. The van der Waals surface area contributed by atoms with Gasteiger partial charge in [-0.3, -0.25) is 9.79 Å². The number of halogens is 1. The highest BCUT2D eigenvalue weighted by atomic mass is 35.5. The fraction of sp³-hybridized carbons (Fsp3) is 0.167. The number of anilines is 1. The van der Waals surface area contributed by atoms with Gasteiger partial charge in [0.25, 0.3) is 6.23 Å². The predicted molar refractivity (Wildman–Crippen MR) is 96.1 cm³/mol. The van der Waals surface area contributed by atoms with Gasteiger partial charge in [0.1, 0.15) is 0 Å². The van der Waals surface area contributed by atoms with Crippen molar-refractivity contribution >= 4 is 34.8 Å². The van der Waals surface area contributed by atoms with Crippen molar-refractivity contribution in [1.82, 2.24) is 0 Å². The molecule has 0 fully saturated rings. The molecule has 1 aliphatic rings. The quantitative estimate of drug-likeness (QED) is 0.850. The van der Waals surface area contributed by atoms with Gasteiger partial charge in [0.05, 0.1) is 5.71 Å². The van der Waals surface area contributed by atoms with Crippen molar-refractivity contribution in [3.05, 3.63) is 64.7 Å². The average molecular weight is 342 g/mol. The van der Waals surface area contributed by atoms with Gasteiger partial charge in [-0.2, -0.15) is 0 Å². The Morgan fingerprint density at radius 1 is 1.25 bits per heavy atom. The molecule has 2 aromatic rings. The number of esters is 1. The number of amidine groups is 1. The SMILES string of the molecule is CN=C1Nc2ccc(Cl)cc2C(c2ccccc2)=NC1OC(C)=O. The molecule has 0 saturated carbocycles. The van der Waals surface area contributed by atoms with E-state index in [1.807, 2.05) is 42.5 Å². The van der Waals surface area contributed by atoms with E-state index < -0.39 is 12.2 Å². The normalized spacial score (nSPS) is 18.2. The molecule has 1 N–H and O–H groups in total. The van der Waals surface area contributed by atoms with Crippen LogP contribution in [0.4, 0.5) is 5.69 Å². The molecule has 1 heterocycles. The number of hydrogen-bond donors (Lipinski definition) is 1. The minimum absolute atomic E-state index is 0.428. The van der Waals surface area contributed by atoms with E-state index in [1.54, 1.807) is 13.1 Å². The Balaban J connectivity index is 2.21. The Labute approximate surface area is 145 Å². The number of benzodiazepines with no additional fused rings is 1. The topological polar surface area (TPSA) is 63.1 Å². The van der Waals surface area contributed by atoms with E-state index in [0.717, 1.165) is 16.8 Å². The molecule has 0 aliphatic carbocycles. The molecule has 6 heteroatoms. The van der Waals surface area contributed by atoms with Crippen LogP contribution in [0, 0.1) is 0 Å². The van der Waals surface area contributed by atoms with E-state index in [4.69, 9.17) is 16.3 Å². The largest absolute Gasteiger partial charge is 0.432 e. The third-order valence-corrected chi connectivity index (χ3v) is 3.78. The van der Waals surface area contributed by atoms with Crippen molar-refractivity contribution in [3.63, 3.8) is 0 Å². The van der Waals surface area contributed by atoms with E-state index in [2.05, 4.69) is 15.3 Å². The van der Waals surface area contributed by atoms with Crippen LogP contribution in [-0.2, 0) is 9.53 Å². The summed E-state index contributed by atoms with van der Waals surface area (Å²) in [6.45, 7) is 1.35. The Morgan fingerprint density at radius 2 is 2.00 bits per heavy atom. The number of ether oxygens (including phenoxy) is 1. The Kier molecular flexibility index (Phi) is 4.62. The summed E-state index contributed by atoms with van der Waals surface area (Å²) in [5, 5.41) is 3.79. The van der Waals surface area contributed by atoms with Crippen LogP contribution in [0.1, 0.15) is 18.1 Å². The predicted octanol–water partition coefficient (Wildman–Crippen LogP) is 3.52. The van der Waals surface area contributed by atoms with Gasteiger partial charge >= 0.3 is 5.97 Å². The highest BCUT2D eigenvalue weighted by molar-refractivity contribution is 6.32. The summed E-state index contributed by atoms with van der Waals surface area (Å²) in [5.41, 5.74) is 3.21. The second kappa shape index (κ2) is 6.84. The molecular formula is C18H16ClN3O2. The molecule has 0 radical (unpaired) electrons. The van der Waals surface area contributed by atoms with Crippen LogP contribution >= 0.6 is 11.6 Å². The number of fused-ring (bicyclic) bond motifs is 1. The molecule has 1 aliphatic heterocycles. The van der Waals surface area contributed by atoms with Gasteiger partial charge < -0.3 is 10.1 Å². The second-order valence-corrected chi connectivity index (χ2v) is 5.67. The number of carbonyl (C=O) groups excluding carboxylic acids is 1. The fourth-order valence-corrected chi connectivity index (χ4v) is 2.67. The number of carbonyl (C=O) groups is 1. The van der Waals surface area contributed by atoms with E-state index in [1.165, 1.54) is 6.92 Å². The highest BCUT2D eigenvalue weighted by Gasteiger charge is 2.26. The first-order valence-corrected chi connectivity index (χ1v) is 7.80. The van der Waals surface area contributed by atoms with Crippen molar-refractivity contribution < 1.29 is 9.53 Å². The highest BCUT2D eigenvalue weighted by Crippen LogP contribution is 2.27. The van der Waals surface area contributed by atoms with Gasteiger partial charge in [0.2, 0.25) is 0 Å². The van der Waals surface area contributed by atoms with Crippen LogP contribution in [-0.4, -0.2) is 30.8 Å². The van der Waals surface area contributed by atoms with Crippen molar-refractivity contribution in [1.29, 1.82) is 0 Å². The molecule has 0 saturated heterocycles. The third kappa shape index (κ3) is 3.31. The molecule has 0 amide bonds. The molecule has 0 bridgehead atoms. The van der Waals surface area contributed by atoms with Crippen LogP contribution in [0.5, 0.6) is 0 Å². The van der Waals surface area contributed by atoms with E-state index in [0.29, 0.717) is 16.6 Å². The molecule has 122 valence electrons. The van der Waals surface area contributed by atoms with Gasteiger partial charge in [-0.25, -0.2) is 4.99 Å². The lowest BCUT2D eigenvalue weighted by Gasteiger charge is -2.14. The van der Waals surface area contributed by atoms with Gasteiger partial charge in [-0.1, -0.05) is 41.9 Å². The van der Waals surface area contributed by atoms with E-state index in [-0.39, 0.29) is 0 Å². The minimum Gasteiger partial charge on any atom is -0.432 e. The maximum Gasteiger partial charge on any atom is 0.304 e. The van der Waals surface area contributed by atoms with Gasteiger partial charge in [0, 0.05) is 35.8 Å². The van der Waals surface area contributed by atoms with Crippen molar-refractivity contribution in [2.24, 2.45) is 9.98 Å². The number of aliphatic imine (C=N–C) groups is 2. The van der Waals surface area contributed by atoms with Crippen molar-refractivity contribution in [2.75, 3.05) is 12.4 Å². The summed E-state index contributed by atoms with van der Waals surface area (Å²) in [7, 11) is 1.62.